The van der Waals surface area contributed by atoms with Gasteiger partial charge in [0.05, 0.1) is 11.9 Å². The van der Waals surface area contributed by atoms with Crippen LogP contribution in [0.5, 0.6) is 11.5 Å². The highest BCUT2D eigenvalue weighted by Crippen LogP contribution is 2.13. The first-order chi connectivity index (χ1) is 8.24. The third kappa shape index (κ3) is 3.24. The van der Waals surface area contributed by atoms with E-state index in [9.17, 15) is 5.11 Å². The third-order valence-corrected chi connectivity index (χ3v) is 2.14. The summed E-state index contributed by atoms with van der Waals surface area (Å²) >= 11 is 0. The number of nitrogens with one attached hydrogen (secondary N) is 1. The summed E-state index contributed by atoms with van der Waals surface area (Å²) in [4.78, 5) is 0. The zero-order valence-corrected chi connectivity index (χ0v) is 9.04. The summed E-state index contributed by atoms with van der Waals surface area (Å²) in [6, 6.07) is 13.4. The summed E-state index contributed by atoms with van der Waals surface area (Å²) in [6.45, 7) is 0. The molecule has 0 bridgehead atoms. The number of phenols is 2. The van der Waals surface area contributed by atoms with Crippen molar-refractivity contribution in [3.63, 3.8) is 0 Å². The number of anilines is 1. The second-order valence-electron chi connectivity index (χ2n) is 3.51. The summed E-state index contributed by atoms with van der Waals surface area (Å²) in [5.41, 5.74) is 4.40. The largest absolute Gasteiger partial charge is 0.508 e. The Labute approximate surface area is 98.9 Å². The number of phenolic OH excluding ortho intramolecular Hbond substituents is 2. The molecule has 4 heteroatoms. The lowest BCUT2D eigenvalue weighted by molar-refractivity contribution is 0.474. The predicted octanol–water partition coefficient (Wildman–Crippen LogP) is 2.54. The molecule has 0 heterocycles. The van der Waals surface area contributed by atoms with Crippen molar-refractivity contribution in [1.29, 1.82) is 0 Å². The van der Waals surface area contributed by atoms with Gasteiger partial charge in [-0.25, -0.2) is 0 Å². The Morgan fingerprint density at radius 3 is 2.41 bits per heavy atom. The van der Waals surface area contributed by atoms with Gasteiger partial charge in [0.2, 0.25) is 0 Å². The van der Waals surface area contributed by atoms with Crippen LogP contribution in [0.1, 0.15) is 5.56 Å². The van der Waals surface area contributed by atoms with E-state index in [-0.39, 0.29) is 11.5 Å². The summed E-state index contributed by atoms with van der Waals surface area (Å²) < 4.78 is 0. The maximum Gasteiger partial charge on any atom is 0.116 e. The molecule has 3 N–H and O–H groups in total. The number of hydrogen-bond acceptors (Lipinski definition) is 4. The Balaban J connectivity index is 2.00. The van der Waals surface area contributed by atoms with E-state index in [1.165, 1.54) is 0 Å². The van der Waals surface area contributed by atoms with Gasteiger partial charge in [0.25, 0.3) is 0 Å². The standard InChI is InChI=1S/C13H12N2O2/c16-12-6-4-11(5-7-12)15-14-9-10-2-1-3-13(17)8-10/h1-9,15-17H. The summed E-state index contributed by atoms with van der Waals surface area (Å²) in [5, 5.41) is 22.4. The van der Waals surface area contributed by atoms with Crippen LogP contribution >= 0.6 is 0 Å². The lowest BCUT2D eigenvalue weighted by Crippen LogP contribution is -1.89. The number of nitrogens with zero attached hydrogens (tertiary/aromatic N) is 1. The van der Waals surface area contributed by atoms with Crippen LogP contribution in [0.25, 0.3) is 0 Å². The number of benzene rings is 2. The lowest BCUT2D eigenvalue weighted by atomic mass is 10.2. The molecule has 0 fully saturated rings. The molecular weight excluding hydrogens is 216 g/mol. The minimum atomic E-state index is 0.207. The molecule has 2 aromatic rings. The second kappa shape index (κ2) is 5.03. The van der Waals surface area contributed by atoms with Crippen molar-refractivity contribution >= 4 is 11.9 Å². The molecule has 4 nitrogen and oxygen atoms in total. The number of hydrazone groups is 1. The minimum Gasteiger partial charge on any atom is -0.508 e. The van der Waals surface area contributed by atoms with Gasteiger partial charge in [-0.3, -0.25) is 5.43 Å². The molecule has 86 valence electrons. The zero-order chi connectivity index (χ0) is 12.1. The number of rotatable bonds is 3. The van der Waals surface area contributed by atoms with Gasteiger partial charge in [0.1, 0.15) is 11.5 Å². The van der Waals surface area contributed by atoms with Crippen LogP contribution in [-0.4, -0.2) is 16.4 Å². The zero-order valence-electron chi connectivity index (χ0n) is 9.04. The fourth-order valence-corrected chi connectivity index (χ4v) is 1.32. The van der Waals surface area contributed by atoms with Gasteiger partial charge in [-0.2, -0.15) is 5.10 Å². The van der Waals surface area contributed by atoms with Crippen molar-refractivity contribution in [2.24, 2.45) is 5.10 Å². The molecule has 0 unspecified atom stereocenters. The predicted molar refractivity (Wildman–Crippen MR) is 67.4 cm³/mol. The molecule has 0 saturated carbocycles. The van der Waals surface area contributed by atoms with Crippen molar-refractivity contribution < 1.29 is 10.2 Å². The topological polar surface area (TPSA) is 64.8 Å². The first kappa shape index (κ1) is 11.0. The maximum absolute atomic E-state index is 9.25. The van der Waals surface area contributed by atoms with Gasteiger partial charge in [-0.1, -0.05) is 12.1 Å². The van der Waals surface area contributed by atoms with Crippen molar-refractivity contribution in [3.8, 4) is 11.5 Å². The van der Waals surface area contributed by atoms with Crippen LogP contribution in [-0.2, 0) is 0 Å². The monoisotopic (exact) mass is 228 g/mol. The average Bonchev–Trinajstić information content (AvgIpc) is 2.32. The van der Waals surface area contributed by atoms with Crippen LogP contribution in [0.15, 0.2) is 53.6 Å². The normalized spacial score (nSPS) is 10.6. The average molecular weight is 228 g/mol. The number of hydrogen-bond donors (Lipinski definition) is 3. The van der Waals surface area contributed by atoms with Crippen LogP contribution in [0.3, 0.4) is 0 Å². The van der Waals surface area contributed by atoms with Gasteiger partial charge in [-0.05, 0) is 42.0 Å². The van der Waals surface area contributed by atoms with E-state index in [1.807, 2.05) is 6.07 Å². The molecule has 0 saturated heterocycles. The van der Waals surface area contributed by atoms with Gasteiger partial charge >= 0.3 is 0 Å². The highest BCUT2D eigenvalue weighted by atomic mass is 16.3. The summed E-state index contributed by atoms with van der Waals surface area (Å²) in [7, 11) is 0. The van der Waals surface area contributed by atoms with Gasteiger partial charge in [-0.15, -0.1) is 0 Å². The first-order valence-electron chi connectivity index (χ1n) is 5.11. The van der Waals surface area contributed by atoms with E-state index in [0.29, 0.717) is 0 Å². The Morgan fingerprint density at radius 1 is 0.941 bits per heavy atom. The Morgan fingerprint density at radius 2 is 1.71 bits per heavy atom. The highest BCUT2D eigenvalue weighted by Gasteiger charge is 1.91. The molecule has 0 radical (unpaired) electrons. The van der Waals surface area contributed by atoms with Gasteiger partial charge < -0.3 is 10.2 Å². The van der Waals surface area contributed by atoms with E-state index < -0.39 is 0 Å². The summed E-state index contributed by atoms with van der Waals surface area (Å²) in [6.07, 6.45) is 1.60. The fraction of sp³-hybridized carbons (Fsp3) is 0. The van der Waals surface area contributed by atoms with Crippen LogP contribution in [0.2, 0.25) is 0 Å². The molecule has 2 rings (SSSR count). The summed E-state index contributed by atoms with van der Waals surface area (Å²) in [5.74, 6) is 0.422. The molecule has 0 spiro atoms. The molecular formula is C13H12N2O2. The van der Waals surface area contributed by atoms with Crippen molar-refractivity contribution in [2.45, 2.75) is 0 Å². The molecule has 0 aliphatic heterocycles. The highest BCUT2D eigenvalue weighted by molar-refractivity contribution is 5.80. The van der Waals surface area contributed by atoms with Crippen LogP contribution in [0, 0.1) is 0 Å². The minimum absolute atomic E-state index is 0.207. The molecule has 0 amide bonds. The van der Waals surface area contributed by atoms with E-state index in [0.717, 1.165) is 11.3 Å². The molecule has 17 heavy (non-hydrogen) atoms. The van der Waals surface area contributed by atoms with E-state index in [1.54, 1.807) is 48.7 Å². The van der Waals surface area contributed by atoms with Crippen molar-refractivity contribution in [2.75, 3.05) is 5.43 Å². The molecule has 0 aliphatic rings. The lowest BCUT2D eigenvalue weighted by Gasteiger charge is -1.99. The molecule has 0 atom stereocenters. The van der Waals surface area contributed by atoms with Crippen LogP contribution < -0.4 is 5.43 Å². The van der Waals surface area contributed by atoms with Crippen molar-refractivity contribution in [1.82, 2.24) is 0 Å². The Bertz CT molecular complexity index is 521. The number of aromatic hydroxyl groups is 2. The van der Waals surface area contributed by atoms with Crippen molar-refractivity contribution in [3.05, 3.63) is 54.1 Å². The Hall–Kier alpha value is -2.49. The molecule has 2 aromatic carbocycles. The quantitative estimate of drug-likeness (QED) is 0.429. The van der Waals surface area contributed by atoms with Gasteiger partial charge in [0, 0.05) is 0 Å². The SMILES string of the molecule is Oc1ccc(NN=Cc2cccc(O)c2)cc1. The molecule has 0 aliphatic carbocycles. The maximum atomic E-state index is 9.25. The van der Waals surface area contributed by atoms with Crippen LogP contribution in [0.4, 0.5) is 5.69 Å². The Kier molecular flexibility index (Phi) is 3.25. The van der Waals surface area contributed by atoms with Gasteiger partial charge in [0.15, 0.2) is 0 Å². The van der Waals surface area contributed by atoms with E-state index in [2.05, 4.69) is 10.5 Å². The second-order valence-corrected chi connectivity index (χ2v) is 3.51. The fourth-order valence-electron chi connectivity index (χ4n) is 1.32. The third-order valence-electron chi connectivity index (χ3n) is 2.14. The molecule has 0 aromatic heterocycles. The van der Waals surface area contributed by atoms with E-state index in [4.69, 9.17) is 5.11 Å². The first-order valence-corrected chi connectivity index (χ1v) is 5.11. The van der Waals surface area contributed by atoms with E-state index >= 15 is 0 Å². The smallest absolute Gasteiger partial charge is 0.116 e.